The van der Waals surface area contributed by atoms with Crippen LogP contribution in [0.3, 0.4) is 0 Å². The summed E-state index contributed by atoms with van der Waals surface area (Å²) < 4.78 is 2.05. The van der Waals surface area contributed by atoms with Crippen molar-refractivity contribution in [1.29, 1.82) is 0 Å². The van der Waals surface area contributed by atoms with Crippen LogP contribution in [0.1, 0.15) is 42.2 Å². The van der Waals surface area contributed by atoms with Gasteiger partial charge in [0.25, 0.3) is 0 Å². The molecule has 37 heavy (non-hydrogen) atoms. The van der Waals surface area contributed by atoms with Crippen molar-refractivity contribution in [2.45, 2.75) is 26.3 Å². The van der Waals surface area contributed by atoms with Gasteiger partial charge in [-0.3, -0.25) is 14.4 Å². The van der Waals surface area contributed by atoms with E-state index in [0.29, 0.717) is 5.82 Å². The average Bonchev–Trinajstić information content (AvgIpc) is 3.26. The molecule has 0 unspecified atom stereocenters. The van der Waals surface area contributed by atoms with E-state index < -0.39 is 6.04 Å². The second-order valence-corrected chi connectivity index (χ2v) is 9.38. The van der Waals surface area contributed by atoms with Crippen LogP contribution in [-0.2, 0) is 4.79 Å². The number of rotatable bonds is 5. The second-order valence-electron chi connectivity index (χ2n) is 9.38. The van der Waals surface area contributed by atoms with E-state index in [0.717, 1.165) is 45.0 Å². The predicted octanol–water partition coefficient (Wildman–Crippen LogP) is 6.78. The number of aryl methyl sites for hydroxylation is 1. The summed E-state index contributed by atoms with van der Waals surface area (Å²) in [5.41, 5.74) is 8.35. The van der Waals surface area contributed by atoms with E-state index >= 15 is 0 Å². The molecule has 0 N–H and O–H groups in total. The highest BCUT2D eigenvalue weighted by Crippen LogP contribution is 2.35. The van der Waals surface area contributed by atoms with Crippen molar-refractivity contribution in [2.24, 2.45) is 4.99 Å². The Labute approximate surface area is 216 Å². The molecule has 1 aliphatic heterocycles. The SMILES string of the molecule is CC(=O)C[C@@H]1N=C(c2ccc(-c3ccccc3)cc2)c2cc(-c3ccccc3)ccc2-n2c(C)nnc21. The third-order valence-corrected chi connectivity index (χ3v) is 6.78. The Bertz CT molecular complexity index is 1620. The van der Waals surface area contributed by atoms with Gasteiger partial charge in [0.05, 0.1) is 11.4 Å². The highest BCUT2D eigenvalue weighted by molar-refractivity contribution is 6.16. The first-order chi connectivity index (χ1) is 18.1. The first-order valence-corrected chi connectivity index (χ1v) is 12.4. The number of fused-ring (bicyclic) bond motifs is 3. The summed E-state index contributed by atoms with van der Waals surface area (Å²) in [5.74, 6) is 1.53. The Balaban J connectivity index is 1.56. The van der Waals surface area contributed by atoms with E-state index in [4.69, 9.17) is 4.99 Å². The maximum atomic E-state index is 12.3. The fourth-order valence-electron chi connectivity index (χ4n) is 5.00. The molecule has 0 amide bonds. The van der Waals surface area contributed by atoms with Crippen LogP contribution in [0, 0.1) is 6.92 Å². The molecule has 0 aliphatic carbocycles. The molecule has 0 saturated carbocycles. The molecule has 0 saturated heterocycles. The minimum Gasteiger partial charge on any atom is -0.300 e. The van der Waals surface area contributed by atoms with Gasteiger partial charge in [0.1, 0.15) is 17.6 Å². The number of benzene rings is 4. The van der Waals surface area contributed by atoms with Gasteiger partial charge in [-0.15, -0.1) is 10.2 Å². The first kappa shape index (κ1) is 22.8. The zero-order valence-electron chi connectivity index (χ0n) is 20.8. The smallest absolute Gasteiger partial charge is 0.162 e. The van der Waals surface area contributed by atoms with Crippen molar-refractivity contribution in [1.82, 2.24) is 14.8 Å². The largest absolute Gasteiger partial charge is 0.300 e. The second kappa shape index (κ2) is 9.43. The van der Waals surface area contributed by atoms with Gasteiger partial charge in [-0.05, 0) is 48.2 Å². The molecule has 5 heteroatoms. The van der Waals surface area contributed by atoms with Crippen molar-refractivity contribution >= 4 is 11.5 Å². The molecule has 0 radical (unpaired) electrons. The number of carbonyl (C=O) groups is 1. The molecule has 2 heterocycles. The van der Waals surface area contributed by atoms with Crippen LogP contribution < -0.4 is 0 Å². The molecule has 5 nitrogen and oxygen atoms in total. The molecule has 5 aromatic rings. The lowest BCUT2D eigenvalue weighted by Crippen LogP contribution is -2.09. The minimum atomic E-state index is -0.421. The zero-order valence-corrected chi connectivity index (χ0v) is 20.8. The van der Waals surface area contributed by atoms with Crippen LogP contribution in [0.2, 0.25) is 0 Å². The van der Waals surface area contributed by atoms with E-state index in [1.807, 2.05) is 47.9 Å². The van der Waals surface area contributed by atoms with Crippen LogP contribution in [0.15, 0.2) is 108 Å². The number of aliphatic imine (C=N–C) groups is 1. The molecule has 180 valence electrons. The van der Waals surface area contributed by atoms with Crippen molar-refractivity contribution in [3.8, 4) is 27.9 Å². The minimum absolute atomic E-state index is 0.0654. The molecule has 0 bridgehead atoms. The maximum Gasteiger partial charge on any atom is 0.162 e. The first-order valence-electron chi connectivity index (χ1n) is 12.4. The van der Waals surface area contributed by atoms with Crippen LogP contribution in [0.5, 0.6) is 0 Å². The number of ketones is 1. The van der Waals surface area contributed by atoms with Crippen LogP contribution in [0.25, 0.3) is 27.9 Å². The van der Waals surface area contributed by atoms with Gasteiger partial charge in [0, 0.05) is 17.5 Å². The Morgan fingerprint density at radius 3 is 1.95 bits per heavy atom. The summed E-state index contributed by atoms with van der Waals surface area (Å²) in [6, 6.07) is 35.2. The third-order valence-electron chi connectivity index (χ3n) is 6.78. The van der Waals surface area contributed by atoms with E-state index in [1.165, 1.54) is 5.56 Å². The van der Waals surface area contributed by atoms with E-state index in [2.05, 4.69) is 76.9 Å². The third kappa shape index (κ3) is 4.29. The van der Waals surface area contributed by atoms with Gasteiger partial charge < -0.3 is 0 Å². The molecule has 1 atom stereocenters. The van der Waals surface area contributed by atoms with Crippen molar-refractivity contribution < 1.29 is 4.79 Å². The highest BCUT2D eigenvalue weighted by atomic mass is 16.1. The van der Waals surface area contributed by atoms with Gasteiger partial charge >= 0.3 is 0 Å². The zero-order chi connectivity index (χ0) is 25.4. The Kier molecular flexibility index (Phi) is 5.81. The normalized spacial score (nSPS) is 14.3. The van der Waals surface area contributed by atoms with Gasteiger partial charge in [0.15, 0.2) is 5.82 Å². The summed E-state index contributed by atoms with van der Waals surface area (Å²) >= 11 is 0. The van der Waals surface area contributed by atoms with Crippen LogP contribution in [-0.4, -0.2) is 26.3 Å². The van der Waals surface area contributed by atoms with Gasteiger partial charge in [-0.1, -0.05) is 91.0 Å². The average molecular weight is 483 g/mol. The number of carbonyl (C=O) groups excluding carboxylic acids is 1. The monoisotopic (exact) mass is 482 g/mol. The molecule has 4 aromatic carbocycles. The fourth-order valence-corrected chi connectivity index (χ4v) is 5.00. The number of Topliss-reactive ketones (excluding diaryl/α,β-unsaturated/α-hetero) is 1. The Hall–Kier alpha value is -4.64. The van der Waals surface area contributed by atoms with Gasteiger partial charge in [-0.25, -0.2) is 0 Å². The highest BCUT2D eigenvalue weighted by Gasteiger charge is 2.29. The summed E-state index contributed by atoms with van der Waals surface area (Å²) in [7, 11) is 0. The Morgan fingerprint density at radius 2 is 1.30 bits per heavy atom. The number of hydrogen-bond donors (Lipinski definition) is 0. The maximum absolute atomic E-state index is 12.3. The van der Waals surface area contributed by atoms with Crippen molar-refractivity contribution in [3.63, 3.8) is 0 Å². The molecular weight excluding hydrogens is 456 g/mol. The lowest BCUT2D eigenvalue weighted by atomic mass is 9.94. The van der Waals surface area contributed by atoms with E-state index in [9.17, 15) is 4.79 Å². The number of aromatic nitrogens is 3. The van der Waals surface area contributed by atoms with E-state index in [1.54, 1.807) is 6.92 Å². The molecule has 6 rings (SSSR count). The quantitative estimate of drug-likeness (QED) is 0.277. The predicted molar refractivity (Wildman–Crippen MR) is 147 cm³/mol. The molecule has 0 spiro atoms. The topological polar surface area (TPSA) is 60.1 Å². The van der Waals surface area contributed by atoms with Crippen molar-refractivity contribution in [2.75, 3.05) is 0 Å². The summed E-state index contributed by atoms with van der Waals surface area (Å²) in [4.78, 5) is 17.5. The van der Waals surface area contributed by atoms with Crippen molar-refractivity contribution in [3.05, 3.63) is 126 Å². The number of hydrogen-bond acceptors (Lipinski definition) is 4. The lowest BCUT2D eigenvalue weighted by Gasteiger charge is -2.15. The summed E-state index contributed by atoms with van der Waals surface area (Å²) in [5, 5.41) is 8.82. The Morgan fingerprint density at radius 1 is 0.730 bits per heavy atom. The summed E-state index contributed by atoms with van der Waals surface area (Å²) in [6.45, 7) is 3.54. The standard InChI is InChI=1S/C32H26N4O/c1-21(37)19-29-32-35-34-22(2)36(32)30-18-17-27(24-11-7-4-8-12-24)20-28(30)31(33-29)26-15-13-25(14-16-26)23-9-5-3-6-10-23/h3-18,20,29H,19H2,1-2H3/t29-/m0/s1. The molecule has 0 fully saturated rings. The molecular formula is C32H26N4O. The molecule has 1 aliphatic rings. The van der Waals surface area contributed by atoms with Crippen LogP contribution in [0.4, 0.5) is 0 Å². The molecule has 1 aromatic heterocycles. The fraction of sp³-hybridized carbons (Fsp3) is 0.125. The summed E-state index contributed by atoms with van der Waals surface area (Å²) in [6.07, 6.45) is 0.267. The van der Waals surface area contributed by atoms with Gasteiger partial charge in [0.2, 0.25) is 0 Å². The van der Waals surface area contributed by atoms with Gasteiger partial charge in [-0.2, -0.15) is 0 Å². The van der Waals surface area contributed by atoms with E-state index in [-0.39, 0.29) is 12.2 Å². The van der Waals surface area contributed by atoms with Crippen LogP contribution >= 0.6 is 0 Å². The lowest BCUT2D eigenvalue weighted by molar-refractivity contribution is -0.117. The number of nitrogens with zero attached hydrogens (tertiary/aromatic N) is 4.